The second-order valence-corrected chi connectivity index (χ2v) is 10.1. The van der Waals surface area contributed by atoms with E-state index in [0.29, 0.717) is 48.7 Å². The van der Waals surface area contributed by atoms with E-state index < -0.39 is 21.7 Å². The Morgan fingerprint density at radius 2 is 1.59 bits per heavy atom. The fourth-order valence-electron chi connectivity index (χ4n) is 4.04. The maximum absolute atomic E-state index is 14.0. The average molecular weight is 477 g/mol. The molecule has 0 N–H and O–H groups in total. The Morgan fingerprint density at radius 3 is 2.22 bits per heavy atom. The predicted molar refractivity (Wildman–Crippen MR) is 122 cm³/mol. The fraction of sp³-hybridized carbons (Fsp3) is 0.250. The van der Waals surface area contributed by atoms with Gasteiger partial charge in [0, 0.05) is 42.3 Å². The van der Waals surface area contributed by atoms with Crippen molar-refractivity contribution in [3.63, 3.8) is 0 Å². The van der Waals surface area contributed by atoms with Gasteiger partial charge in [-0.15, -0.1) is 0 Å². The first kappa shape index (κ1) is 22.7. The van der Waals surface area contributed by atoms with Gasteiger partial charge in [-0.2, -0.15) is 0 Å². The lowest BCUT2D eigenvalue weighted by atomic mass is 10.0. The predicted octanol–water partition coefficient (Wildman–Crippen LogP) is 5.48. The summed E-state index contributed by atoms with van der Waals surface area (Å²) in [6, 6.07) is 18.6. The van der Waals surface area contributed by atoms with Crippen LogP contribution in [0, 0.1) is 11.6 Å². The van der Waals surface area contributed by atoms with Crippen molar-refractivity contribution in [2.75, 3.05) is 17.4 Å². The van der Waals surface area contributed by atoms with Gasteiger partial charge >= 0.3 is 0 Å². The van der Waals surface area contributed by atoms with Gasteiger partial charge in [-0.05, 0) is 55.3 Å². The number of benzene rings is 3. The molecule has 0 aliphatic carbocycles. The van der Waals surface area contributed by atoms with Crippen LogP contribution in [0.25, 0.3) is 0 Å². The summed E-state index contributed by atoms with van der Waals surface area (Å²) in [4.78, 5) is 2.24. The first-order valence-corrected chi connectivity index (χ1v) is 12.2. The van der Waals surface area contributed by atoms with E-state index in [4.69, 9.17) is 11.6 Å². The zero-order valence-electron chi connectivity index (χ0n) is 17.3. The van der Waals surface area contributed by atoms with Gasteiger partial charge in [0.15, 0.2) is 0 Å². The molecular weight excluding hydrogens is 454 g/mol. The van der Waals surface area contributed by atoms with Gasteiger partial charge in [-0.1, -0.05) is 35.9 Å². The van der Waals surface area contributed by atoms with Crippen molar-refractivity contribution in [2.24, 2.45) is 0 Å². The van der Waals surface area contributed by atoms with Crippen molar-refractivity contribution < 1.29 is 17.2 Å². The average Bonchev–Trinajstić information content (AvgIpc) is 2.78. The Balaban J connectivity index is 1.55. The van der Waals surface area contributed by atoms with E-state index in [0.717, 1.165) is 6.07 Å². The molecule has 0 unspecified atom stereocenters. The summed E-state index contributed by atoms with van der Waals surface area (Å²) in [5.41, 5.74) is 1.03. The van der Waals surface area contributed by atoms with Crippen LogP contribution in [0.3, 0.4) is 0 Å². The molecule has 3 aromatic carbocycles. The van der Waals surface area contributed by atoms with Gasteiger partial charge in [-0.3, -0.25) is 9.21 Å². The van der Waals surface area contributed by atoms with Crippen molar-refractivity contribution in [3.05, 3.63) is 95.0 Å². The summed E-state index contributed by atoms with van der Waals surface area (Å²) >= 11 is 5.95. The Bertz CT molecular complexity index is 1170. The minimum Gasteiger partial charge on any atom is -0.299 e. The molecule has 0 atom stereocenters. The van der Waals surface area contributed by atoms with E-state index in [1.165, 1.54) is 28.6 Å². The highest BCUT2D eigenvalue weighted by molar-refractivity contribution is 7.92. The third-order valence-corrected chi connectivity index (χ3v) is 7.83. The smallest absolute Gasteiger partial charge is 0.264 e. The normalized spacial score (nSPS) is 15.6. The third kappa shape index (κ3) is 4.95. The Kier molecular flexibility index (Phi) is 6.79. The molecular formula is C24H23ClF2N2O2S. The zero-order chi connectivity index (χ0) is 22.7. The number of piperidine rings is 1. The van der Waals surface area contributed by atoms with Crippen LogP contribution in [0.4, 0.5) is 14.5 Å². The van der Waals surface area contributed by atoms with Gasteiger partial charge in [0.25, 0.3) is 10.0 Å². The second kappa shape index (κ2) is 9.57. The van der Waals surface area contributed by atoms with Gasteiger partial charge in [0.05, 0.1) is 10.6 Å². The number of nitrogens with zero attached hydrogens (tertiary/aromatic N) is 2. The third-order valence-electron chi connectivity index (χ3n) is 5.68. The summed E-state index contributed by atoms with van der Waals surface area (Å²) < 4.78 is 55.9. The highest BCUT2D eigenvalue weighted by Crippen LogP contribution is 2.31. The van der Waals surface area contributed by atoms with Crippen molar-refractivity contribution in [2.45, 2.75) is 30.3 Å². The summed E-state index contributed by atoms with van der Waals surface area (Å²) in [6.07, 6.45) is 1.18. The summed E-state index contributed by atoms with van der Waals surface area (Å²) in [6.45, 7) is 1.55. The van der Waals surface area contributed by atoms with Crippen molar-refractivity contribution in [3.8, 4) is 0 Å². The monoisotopic (exact) mass is 476 g/mol. The molecule has 0 bridgehead atoms. The van der Waals surface area contributed by atoms with E-state index in [9.17, 15) is 17.2 Å². The highest BCUT2D eigenvalue weighted by atomic mass is 35.5. The largest absolute Gasteiger partial charge is 0.299 e. The van der Waals surface area contributed by atoms with Crippen LogP contribution >= 0.6 is 11.6 Å². The number of sulfonamides is 1. The molecule has 0 spiro atoms. The molecule has 4 nitrogen and oxygen atoms in total. The van der Waals surface area contributed by atoms with Gasteiger partial charge in [-0.25, -0.2) is 17.2 Å². The van der Waals surface area contributed by atoms with E-state index in [2.05, 4.69) is 4.90 Å². The standard InChI is InChI=1S/C24H23ClF2N2O2S/c25-19-7-10-23(11-8-19)32(30,31)29(21-4-2-1-3-5-21)22-12-14-28(15-13-22)17-18-6-9-20(26)16-24(18)27/h1-11,16,22H,12-15,17H2. The Hall–Kier alpha value is -2.48. The molecule has 0 radical (unpaired) electrons. The first-order chi connectivity index (χ1) is 15.3. The molecule has 168 valence electrons. The highest BCUT2D eigenvalue weighted by Gasteiger charge is 2.34. The maximum Gasteiger partial charge on any atom is 0.264 e. The molecule has 0 saturated carbocycles. The molecule has 4 rings (SSSR count). The van der Waals surface area contributed by atoms with Gasteiger partial charge < -0.3 is 0 Å². The Labute approximate surface area is 192 Å². The van der Waals surface area contributed by atoms with Crippen LogP contribution in [-0.4, -0.2) is 32.4 Å². The summed E-state index contributed by atoms with van der Waals surface area (Å²) in [5, 5.41) is 0.469. The van der Waals surface area contributed by atoms with Crippen LogP contribution in [0.1, 0.15) is 18.4 Å². The quantitative estimate of drug-likeness (QED) is 0.473. The van der Waals surface area contributed by atoms with E-state index in [-0.39, 0.29) is 10.9 Å². The van der Waals surface area contributed by atoms with E-state index in [1.54, 1.807) is 24.3 Å². The number of hydrogen-bond donors (Lipinski definition) is 0. The molecule has 0 aromatic heterocycles. The van der Waals surface area contributed by atoms with E-state index >= 15 is 0 Å². The van der Waals surface area contributed by atoms with Crippen LogP contribution in [0.2, 0.25) is 5.02 Å². The number of para-hydroxylation sites is 1. The Morgan fingerprint density at radius 1 is 0.938 bits per heavy atom. The van der Waals surface area contributed by atoms with Crippen LogP contribution in [0.5, 0.6) is 0 Å². The lowest BCUT2D eigenvalue weighted by Crippen LogP contribution is -2.47. The zero-order valence-corrected chi connectivity index (χ0v) is 18.9. The molecule has 1 heterocycles. The molecule has 32 heavy (non-hydrogen) atoms. The maximum atomic E-state index is 14.0. The minimum absolute atomic E-state index is 0.182. The number of anilines is 1. The fourth-order valence-corrected chi connectivity index (χ4v) is 5.88. The molecule has 1 aliphatic heterocycles. The number of rotatable bonds is 6. The van der Waals surface area contributed by atoms with Crippen LogP contribution < -0.4 is 4.31 Å². The topological polar surface area (TPSA) is 40.6 Å². The van der Waals surface area contributed by atoms with Crippen LogP contribution in [-0.2, 0) is 16.6 Å². The second-order valence-electron chi connectivity index (χ2n) is 7.83. The first-order valence-electron chi connectivity index (χ1n) is 10.4. The molecule has 3 aromatic rings. The number of halogens is 3. The molecule has 8 heteroatoms. The van der Waals surface area contributed by atoms with Gasteiger partial charge in [0.2, 0.25) is 0 Å². The van der Waals surface area contributed by atoms with Gasteiger partial charge in [0.1, 0.15) is 11.6 Å². The molecule has 1 aliphatic rings. The minimum atomic E-state index is -3.80. The summed E-state index contributed by atoms with van der Waals surface area (Å²) in [5.74, 6) is -1.17. The molecule has 1 saturated heterocycles. The lowest BCUT2D eigenvalue weighted by Gasteiger charge is -2.39. The SMILES string of the molecule is O=S(=O)(c1ccc(Cl)cc1)N(c1ccccc1)C1CCN(Cc2ccc(F)cc2F)CC1. The van der Waals surface area contributed by atoms with E-state index in [1.807, 2.05) is 18.2 Å². The van der Waals surface area contributed by atoms with Crippen molar-refractivity contribution in [1.82, 2.24) is 4.90 Å². The van der Waals surface area contributed by atoms with Crippen molar-refractivity contribution >= 4 is 27.3 Å². The number of likely N-dealkylation sites (tertiary alicyclic amines) is 1. The van der Waals surface area contributed by atoms with Crippen molar-refractivity contribution in [1.29, 1.82) is 0 Å². The van der Waals surface area contributed by atoms with Crippen LogP contribution in [0.15, 0.2) is 77.7 Å². The molecule has 0 amide bonds. The lowest BCUT2D eigenvalue weighted by molar-refractivity contribution is 0.204. The summed E-state index contributed by atoms with van der Waals surface area (Å²) in [7, 11) is -3.80. The number of hydrogen-bond acceptors (Lipinski definition) is 3. The molecule has 1 fully saturated rings.